The Kier molecular flexibility index (Phi) is 4.18. The van der Waals surface area contributed by atoms with Crippen LogP contribution in [0.2, 0.25) is 5.02 Å². The zero-order valence-electron chi connectivity index (χ0n) is 12.4. The minimum Gasteiger partial charge on any atom is -0.490 e. The second-order valence-corrected chi connectivity index (χ2v) is 6.03. The van der Waals surface area contributed by atoms with Crippen LogP contribution in [0.1, 0.15) is 35.6 Å². The molecule has 1 atom stereocenters. The summed E-state index contributed by atoms with van der Waals surface area (Å²) >= 11 is 6.26. The first-order valence-electron chi connectivity index (χ1n) is 7.37. The molecule has 1 unspecified atom stereocenters. The largest absolute Gasteiger partial charge is 0.490 e. The first-order chi connectivity index (χ1) is 10.2. The SMILES string of the molecule is CNC(c1cccc(OC2CC2)c1)c1ccc(C)c(Cl)c1. The molecule has 3 heteroatoms. The van der Waals surface area contributed by atoms with Gasteiger partial charge in [-0.2, -0.15) is 0 Å². The minimum atomic E-state index is 0.117. The van der Waals surface area contributed by atoms with Crippen LogP contribution in [-0.4, -0.2) is 13.2 Å². The van der Waals surface area contributed by atoms with Crippen molar-refractivity contribution in [3.63, 3.8) is 0 Å². The molecule has 21 heavy (non-hydrogen) atoms. The smallest absolute Gasteiger partial charge is 0.120 e. The van der Waals surface area contributed by atoms with Gasteiger partial charge in [0.05, 0.1) is 12.1 Å². The van der Waals surface area contributed by atoms with Gasteiger partial charge >= 0.3 is 0 Å². The van der Waals surface area contributed by atoms with Crippen molar-refractivity contribution in [2.24, 2.45) is 0 Å². The fourth-order valence-corrected chi connectivity index (χ4v) is 2.65. The van der Waals surface area contributed by atoms with Crippen LogP contribution < -0.4 is 10.1 Å². The van der Waals surface area contributed by atoms with Crippen molar-refractivity contribution in [3.8, 4) is 5.75 Å². The van der Waals surface area contributed by atoms with Crippen LogP contribution in [0.3, 0.4) is 0 Å². The summed E-state index contributed by atoms with van der Waals surface area (Å²) in [6, 6.07) is 14.6. The normalized spacial score (nSPS) is 15.8. The lowest BCUT2D eigenvalue weighted by Crippen LogP contribution is -2.17. The van der Waals surface area contributed by atoms with Crippen molar-refractivity contribution < 1.29 is 4.74 Å². The van der Waals surface area contributed by atoms with Gasteiger partial charge in [-0.1, -0.05) is 35.9 Å². The molecule has 0 aliphatic heterocycles. The van der Waals surface area contributed by atoms with Crippen LogP contribution in [0.5, 0.6) is 5.75 Å². The van der Waals surface area contributed by atoms with Crippen LogP contribution in [0.25, 0.3) is 0 Å². The maximum Gasteiger partial charge on any atom is 0.120 e. The van der Waals surface area contributed by atoms with E-state index >= 15 is 0 Å². The van der Waals surface area contributed by atoms with E-state index in [2.05, 4.69) is 29.6 Å². The summed E-state index contributed by atoms with van der Waals surface area (Å²) in [5, 5.41) is 4.17. The van der Waals surface area contributed by atoms with E-state index in [1.165, 1.54) is 18.4 Å². The maximum atomic E-state index is 6.26. The van der Waals surface area contributed by atoms with E-state index in [0.29, 0.717) is 6.10 Å². The molecular weight excluding hydrogens is 282 g/mol. The summed E-state index contributed by atoms with van der Waals surface area (Å²) in [7, 11) is 1.97. The standard InChI is InChI=1S/C18H20ClNO/c1-12-6-7-14(11-17(12)19)18(20-2)13-4-3-5-16(10-13)21-15-8-9-15/h3-7,10-11,15,18,20H,8-9H2,1-2H3. The van der Waals surface area contributed by atoms with E-state index in [4.69, 9.17) is 16.3 Å². The second kappa shape index (κ2) is 6.08. The van der Waals surface area contributed by atoms with E-state index in [1.807, 2.05) is 32.2 Å². The van der Waals surface area contributed by atoms with Crippen LogP contribution in [0, 0.1) is 6.92 Å². The van der Waals surface area contributed by atoms with Gasteiger partial charge in [-0.3, -0.25) is 0 Å². The number of hydrogen-bond acceptors (Lipinski definition) is 2. The van der Waals surface area contributed by atoms with E-state index in [0.717, 1.165) is 21.9 Å². The minimum absolute atomic E-state index is 0.117. The topological polar surface area (TPSA) is 21.3 Å². The third-order valence-corrected chi connectivity index (χ3v) is 4.24. The Morgan fingerprint density at radius 2 is 1.90 bits per heavy atom. The van der Waals surface area contributed by atoms with Gasteiger partial charge in [0.2, 0.25) is 0 Å². The molecule has 0 saturated heterocycles. The Balaban J connectivity index is 1.89. The number of benzene rings is 2. The van der Waals surface area contributed by atoms with Gasteiger partial charge in [-0.05, 0) is 61.7 Å². The molecular formula is C18H20ClNO. The average Bonchev–Trinajstić information content (AvgIpc) is 3.28. The highest BCUT2D eigenvalue weighted by atomic mass is 35.5. The summed E-state index contributed by atoms with van der Waals surface area (Å²) in [5.74, 6) is 0.952. The molecule has 0 spiro atoms. The van der Waals surface area contributed by atoms with Gasteiger partial charge in [0.15, 0.2) is 0 Å². The van der Waals surface area contributed by atoms with Gasteiger partial charge in [0, 0.05) is 5.02 Å². The Hall–Kier alpha value is -1.51. The van der Waals surface area contributed by atoms with Crippen molar-refractivity contribution in [2.75, 3.05) is 7.05 Å². The quantitative estimate of drug-likeness (QED) is 0.878. The third-order valence-electron chi connectivity index (χ3n) is 3.84. The zero-order chi connectivity index (χ0) is 14.8. The van der Waals surface area contributed by atoms with Gasteiger partial charge in [-0.25, -0.2) is 0 Å². The maximum absolute atomic E-state index is 6.26. The molecule has 2 aromatic rings. The molecule has 1 N–H and O–H groups in total. The van der Waals surface area contributed by atoms with Crippen LogP contribution in [0.4, 0.5) is 0 Å². The molecule has 110 valence electrons. The summed E-state index contributed by atoms with van der Waals surface area (Å²) in [5.41, 5.74) is 3.45. The Morgan fingerprint density at radius 3 is 2.57 bits per heavy atom. The van der Waals surface area contributed by atoms with Gasteiger partial charge < -0.3 is 10.1 Å². The van der Waals surface area contributed by atoms with E-state index < -0.39 is 0 Å². The zero-order valence-corrected chi connectivity index (χ0v) is 13.2. The predicted molar refractivity (Wildman–Crippen MR) is 87.2 cm³/mol. The van der Waals surface area contributed by atoms with E-state index in [1.54, 1.807) is 0 Å². The van der Waals surface area contributed by atoms with Crippen molar-refractivity contribution >= 4 is 11.6 Å². The van der Waals surface area contributed by atoms with Crippen LogP contribution in [-0.2, 0) is 0 Å². The molecule has 3 rings (SSSR count). The summed E-state index contributed by atoms with van der Waals surface area (Å²) in [6.45, 7) is 2.02. The molecule has 1 aliphatic carbocycles. The highest BCUT2D eigenvalue weighted by molar-refractivity contribution is 6.31. The molecule has 0 aromatic heterocycles. The Bertz CT molecular complexity index is 637. The lowest BCUT2D eigenvalue weighted by molar-refractivity contribution is 0.302. The Morgan fingerprint density at radius 1 is 1.14 bits per heavy atom. The summed E-state index contributed by atoms with van der Waals surface area (Å²) in [4.78, 5) is 0. The fraction of sp³-hybridized carbons (Fsp3) is 0.333. The first kappa shape index (κ1) is 14.4. The number of hydrogen-bond donors (Lipinski definition) is 1. The summed E-state index contributed by atoms with van der Waals surface area (Å²) in [6.07, 6.45) is 2.77. The molecule has 1 saturated carbocycles. The number of halogens is 1. The molecule has 0 bridgehead atoms. The second-order valence-electron chi connectivity index (χ2n) is 5.62. The number of nitrogens with one attached hydrogen (secondary N) is 1. The third kappa shape index (κ3) is 3.39. The van der Waals surface area contributed by atoms with Crippen molar-refractivity contribution in [1.82, 2.24) is 5.32 Å². The van der Waals surface area contributed by atoms with Crippen molar-refractivity contribution in [2.45, 2.75) is 31.9 Å². The van der Waals surface area contributed by atoms with Gasteiger partial charge in [0.1, 0.15) is 5.75 Å². The summed E-state index contributed by atoms with van der Waals surface area (Å²) < 4.78 is 5.89. The van der Waals surface area contributed by atoms with Crippen molar-refractivity contribution in [3.05, 3.63) is 64.2 Å². The molecule has 1 aliphatic rings. The Labute approximate surface area is 131 Å². The average molecular weight is 302 g/mol. The number of aryl methyl sites for hydroxylation is 1. The molecule has 2 nitrogen and oxygen atoms in total. The van der Waals surface area contributed by atoms with Gasteiger partial charge in [0.25, 0.3) is 0 Å². The first-order valence-corrected chi connectivity index (χ1v) is 7.75. The highest BCUT2D eigenvalue weighted by Gasteiger charge is 2.23. The number of ether oxygens (including phenoxy) is 1. The lowest BCUT2D eigenvalue weighted by Gasteiger charge is -2.19. The van der Waals surface area contributed by atoms with Gasteiger partial charge in [-0.15, -0.1) is 0 Å². The lowest BCUT2D eigenvalue weighted by atomic mass is 9.98. The predicted octanol–water partition coefficient (Wildman–Crippen LogP) is 4.50. The molecule has 1 fully saturated rings. The van der Waals surface area contributed by atoms with Crippen LogP contribution >= 0.6 is 11.6 Å². The fourth-order valence-electron chi connectivity index (χ4n) is 2.46. The molecule has 2 aromatic carbocycles. The molecule has 0 amide bonds. The monoisotopic (exact) mass is 301 g/mol. The van der Waals surface area contributed by atoms with Crippen LogP contribution in [0.15, 0.2) is 42.5 Å². The molecule has 0 radical (unpaired) electrons. The van der Waals surface area contributed by atoms with Crippen molar-refractivity contribution in [1.29, 1.82) is 0 Å². The van der Waals surface area contributed by atoms with E-state index in [9.17, 15) is 0 Å². The molecule has 0 heterocycles. The number of rotatable bonds is 5. The highest BCUT2D eigenvalue weighted by Crippen LogP contribution is 2.31. The van der Waals surface area contributed by atoms with E-state index in [-0.39, 0.29) is 6.04 Å².